The Balaban J connectivity index is 1.22. The zero-order valence-electron chi connectivity index (χ0n) is 19.2. The normalized spacial score (nSPS) is 11.2. The van der Waals surface area contributed by atoms with Crippen molar-refractivity contribution in [2.45, 2.75) is 0 Å². The van der Waals surface area contributed by atoms with Gasteiger partial charge in [0.15, 0.2) is 0 Å². The summed E-state index contributed by atoms with van der Waals surface area (Å²) in [4.78, 5) is 12.2. The van der Waals surface area contributed by atoms with Crippen LogP contribution in [0.3, 0.4) is 0 Å². The Bertz CT molecular complexity index is 1400. The lowest BCUT2D eigenvalue weighted by molar-refractivity contribution is 0.397. The fraction of sp³-hybridized carbons (Fsp3) is 0. The zero-order valence-corrected chi connectivity index (χ0v) is 20.0. The fourth-order valence-corrected chi connectivity index (χ4v) is 3.14. The van der Waals surface area contributed by atoms with E-state index in [0.717, 1.165) is 11.4 Å². The van der Waals surface area contributed by atoms with E-state index in [9.17, 15) is 0 Å². The molecule has 0 bridgehead atoms. The Morgan fingerprint density at radius 3 is 1.16 bits per heavy atom. The third-order valence-electron chi connectivity index (χ3n) is 4.73. The molecule has 5 rings (SSSR count). The van der Waals surface area contributed by atoms with Gasteiger partial charge < -0.3 is 9.47 Å². The number of nitrogens with zero attached hydrogens (tertiary/aromatic N) is 7. The highest BCUT2D eigenvalue weighted by molar-refractivity contribution is 6.28. The monoisotopic (exact) mass is 507 g/mol. The smallest absolute Gasteiger partial charge is 0.329 e. The summed E-state index contributed by atoms with van der Waals surface area (Å²) in [5, 5.41) is 16.7. The largest absolute Gasteiger partial charge is 0.424 e. The summed E-state index contributed by atoms with van der Waals surface area (Å²) in [6.07, 6.45) is 0. The van der Waals surface area contributed by atoms with E-state index in [4.69, 9.17) is 21.1 Å². The lowest BCUT2D eigenvalue weighted by atomic mass is 10.3. The van der Waals surface area contributed by atoms with Crippen molar-refractivity contribution in [2.75, 3.05) is 0 Å². The molecule has 9 nitrogen and oxygen atoms in total. The van der Waals surface area contributed by atoms with Gasteiger partial charge in [-0.2, -0.15) is 30.4 Å². The van der Waals surface area contributed by atoms with Gasteiger partial charge in [0.05, 0.1) is 22.7 Å². The molecule has 180 valence electrons. The summed E-state index contributed by atoms with van der Waals surface area (Å²) in [6.45, 7) is 0. The van der Waals surface area contributed by atoms with Crippen LogP contribution in [0.5, 0.6) is 23.5 Å². The van der Waals surface area contributed by atoms with Gasteiger partial charge in [0.2, 0.25) is 5.28 Å². The summed E-state index contributed by atoms with van der Waals surface area (Å²) >= 11 is 6.05. The van der Waals surface area contributed by atoms with Crippen LogP contribution in [0, 0.1) is 0 Å². The van der Waals surface area contributed by atoms with Crippen LogP contribution in [0.4, 0.5) is 22.7 Å². The molecule has 10 heteroatoms. The highest BCUT2D eigenvalue weighted by atomic mass is 35.5. The van der Waals surface area contributed by atoms with Gasteiger partial charge in [-0.1, -0.05) is 36.4 Å². The van der Waals surface area contributed by atoms with Crippen LogP contribution in [-0.2, 0) is 0 Å². The van der Waals surface area contributed by atoms with Crippen LogP contribution >= 0.6 is 11.6 Å². The molecule has 0 spiro atoms. The summed E-state index contributed by atoms with van der Waals surface area (Å²) in [6, 6.07) is 32.8. The molecule has 1 heterocycles. The van der Waals surface area contributed by atoms with Crippen LogP contribution in [0.15, 0.2) is 130 Å². The van der Waals surface area contributed by atoms with E-state index >= 15 is 0 Å². The Kier molecular flexibility index (Phi) is 7.44. The van der Waals surface area contributed by atoms with Gasteiger partial charge in [-0.05, 0) is 84.4 Å². The molecule has 0 saturated heterocycles. The molecule has 0 atom stereocenters. The van der Waals surface area contributed by atoms with Crippen molar-refractivity contribution in [1.82, 2.24) is 15.0 Å². The molecular formula is C27H18ClN7O2. The maximum absolute atomic E-state index is 6.05. The van der Waals surface area contributed by atoms with Crippen molar-refractivity contribution in [3.63, 3.8) is 0 Å². The maximum Gasteiger partial charge on any atom is 0.329 e. The molecule has 0 aliphatic carbocycles. The van der Waals surface area contributed by atoms with E-state index in [1.54, 1.807) is 48.5 Å². The number of benzene rings is 4. The second-order valence-corrected chi connectivity index (χ2v) is 7.77. The highest BCUT2D eigenvalue weighted by Crippen LogP contribution is 2.27. The van der Waals surface area contributed by atoms with Crippen molar-refractivity contribution in [3.05, 3.63) is 114 Å². The second-order valence-electron chi connectivity index (χ2n) is 7.43. The van der Waals surface area contributed by atoms with Gasteiger partial charge >= 0.3 is 12.0 Å². The lowest BCUT2D eigenvalue weighted by Gasteiger charge is -2.07. The Hall–Kier alpha value is -5.02. The molecule has 5 aromatic rings. The van der Waals surface area contributed by atoms with Crippen LogP contribution in [-0.4, -0.2) is 15.0 Å². The predicted molar refractivity (Wildman–Crippen MR) is 139 cm³/mol. The molecule has 0 radical (unpaired) electrons. The Labute approximate surface area is 217 Å². The minimum absolute atomic E-state index is 0.0121. The molecule has 0 aliphatic rings. The average molecular weight is 508 g/mol. The lowest BCUT2D eigenvalue weighted by Crippen LogP contribution is -1.98. The first kappa shape index (κ1) is 23.7. The van der Waals surface area contributed by atoms with Gasteiger partial charge in [-0.25, -0.2) is 0 Å². The van der Waals surface area contributed by atoms with Crippen LogP contribution in [0.1, 0.15) is 0 Å². The van der Waals surface area contributed by atoms with Crippen molar-refractivity contribution in [1.29, 1.82) is 0 Å². The molecule has 4 aromatic carbocycles. The zero-order chi connectivity index (χ0) is 25.3. The van der Waals surface area contributed by atoms with Gasteiger partial charge in [-0.3, -0.25) is 0 Å². The van der Waals surface area contributed by atoms with E-state index in [-0.39, 0.29) is 17.3 Å². The van der Waals surface area contributed by atoms with Crippen molar-refractivity contribution in [2.24, 2.45) is 20.5 Å². The number of aromatic nitrogens is 3. The molecule has 37 heavy (non-hydrogen) atoms. The van der Waals surface area contributed by atoms with E-state index in [1.165, 1.54) is 0 Å². The fourth-order valence-electron chi connectivity index (χ4n) is 3.00. The molecule has 0 unspecified atom stereocenters. The third kappa shape index (κ3) is 7.00. The maximum atomic E-state index is 6.05. The number of hydrogen-bond acceptors (Lipinski definition) is 9. The summed E-state index contributed by atoms with van der Waals surface area (Å²) in [7, 11) is 0. The molecule has 0 saturated carbocycles. The minimum atomic E-state index is -0.0680. The van der Waals surface area contributed by atoms with Gasteiger partial charge in [0.25, 0.3) is 0 Å². The van der Waals surface area contributed by atoms with Gasteiger partial charge in [0.1, 0.15) is 11.5 Å². The number of azo groups is 2. The number of halogens is 1. The molecule has 0 N–H and O–H groups in total. The molecule has 1 aromatic heterocycles. The Morgan fingerprint density at radius 2 is 0.784 bits per heavy atom. The van der Waals surface area contributed by atoms with Gasteiger partial charge in [0, 0.05) is 0 Å². The van der Waals surface area contributed by atoms with Crippen molar-refractivity contribution < 1.29 is 9.47 Å². The first-order valence-electron chi connectivity index (χ1n) is 11.1. The summed E-state index contributed by atoms with van der Waals surface area (Å²) < 4.78 is 11.4. The van der Waals surface area contributed by atoms with Gasteiger partial charge in [-0.15, -0.1) is 4.98 Å². The first-order valence-corrected chi connectivity index (χ1v) is 11.5. The molecular weight excluding hydrogens is 490 g/mol. The number of hydrogen-bond donors (Lipinski definition) is 0. The first-order chi connectivity index (χ1) is 18.2. The predicted octanol–water partition coefficient (Wildman–Crippen LogP) is 8.94. The second kappa shape index (κ2) is 11.6. The van der Waals surface area contributed by atoms with Crippen LogP contribution in [0.2, 0.25) is 5.28 Å². The van der Waals surface area contributed by atoms with E-state index in [1.807, 2.05) is 60.7 Å². The van der Waals surface area contributed by atoms with E-state index < -0.39 is 0 Å². The topological polar surface area (TPSA) is 107 Å². The van der Waals surface area contributed by atoms with Crippen molar-refractivity contribution in [3.8, 4) is 23.5 Å². The van der Waals surface area contributed by atoms with E-state index in [2.05, 4.69) is 35.4 Å². The number of rotatable bonds is 8. The van der Waals surface area contributed by atoms with Crippen molar-refractivity contribution >= 4 is 34.4 Å². The summed E-state index contributed by atoms with van der Waals surface area (Å²) in [5.74, 6) is 0.972. The summed E-state index contributed by atoms with van der Waals surface area (Å²) in [5.41, 5.74) is 2.86. The Morgan fingerprint density at radius 1 is 0.432 bits per heavy atom. The molecule has 0 fully saturated rings. The molecule has 0 amide bonds. The quantitative estimate of drug-likeness (QED) is 0.195. The SMILES string of the molecule is Clc1nc(Oc2ccc(N=Nc3ccccc3)cc2)nc(Oc2ccc(N=Nc3ccccc3)cc2)n1. The van der Waals surface area contributed by atoms with Crippen LogP contribution < -0.4 is 9.47 Å². The standard InChI is InChI=1S/C27H18ClN7O2/c28-25-29-26(36-23-15-11-21(12-16-23)34-32-19-7-3-1-4-8-19)31-27(30-25)37-24-17-13-22(14-18-24)35-33-20-9-5-2-6-10-20/h1-18H. The average Bonchev–Trinajstić information content (AvgIpc) is 2.93. The third-order valence-corrected chi connectivity index (χ3v) is 4.90. The highest BCUT2D eigenvalue weighted by Gasteiger charge is 2.10. The van der Waals surface area contributed by atoms with Crippen LogP contribution in [0.25, 0.3) is 0 Å². The minimum Gasteiger partial charge on any atom is -0.424 e. The van der Waals surface area contributed by atoms with E-state index in [0.29, 0.717) is 22.9 Å². The number of ether oxygens (including phenoxy) is 2. The molecule has 0 aliphatic heterocycles.